The highest BCUT2D eigenvalue weighted by Gasteiger charge is 2.20. The molecule has 0 saturated carbocycles. The maximum atomic E-state index is 11.6. The fourth-order valence-electron chi connectivity index (χ4n) is 1.01. The fourth-order valence-corrected chi connectivity index (χ4v) is 2.15. The van der Waals surface area contributed by atoms with Crippen LogP contribution in [0.15, 0.2) is 11.6 Å². The van der Waals surface area contributed by atoms with Crippen LogP contribution in [0.25, 0.3) is 0 Å². The molecule has 0 N–H and O–H groups in total. The van der Waals surface area contributed by atoms with E-state index in [0.717, 1.165) is 12.8 Å². The van der Waals surface area contributed by atoms with Gasteiger partial charge in [0.05, 0.1) is 0 Å². The average Bonchev–Trinajstić information content (AvgIpc) is 2.26. The molecule has 16 heavy (non-hydrogen) atoms. The Morgan fingerprint density at radius 1 is 1.19 bits per heavy atom. The van der Waals surface area contributed by atoms with E-state index in [4.69, 9.17) is 13.3 Å². The van der Waals surface area contributed by atoms with Gasteiger partial charge >= 0.3 is 15.5 Å². The predicted molar refractivity (Wildman–Crippen MR) is 65.2 cm³/mol. The first-order valence-corrected chi connectivity index (χ1v) is 7.18. The van der Waals surface area contributed by atoms with Gasteiger partial charge in [0.1, 0.15) is 0 Å². The van der Waals surface area contributed by atoms with Crippen LogP contribution in [-0.2, 0) is 18.1 Å². The molecule has 0 aromatic carbocycles. The first-order chi connectivity index (χ1) is 7.65. The van der Waals surface area contributed by atoms with Crippen LogP contribution in [0.1, 0.15) is 40.5 Å². The van der Waals surface area contributed by atoms with Crippen LogP contribution in [0.3, 0.4) is 0 Å². The van der Waals surface area contributed by atoms with Gasteiger partial charge in [0.15, 0.2) is 0 Å². The molecule has 0 unspecified atom stereocenters. The van der Waals surface area contributed by atoms with Crippen molar-refractivity contribution in [3.05, 3.63) is 11.6 Å². The lowest BCUT2D eigenvalue weighted by atomic mass is 10.2. The van der Waals surface area contributed by atoms with E-state index in [1.165, 1.54) is 0 Å². The molecule has 0 atom stereocenters. The minimum atomic E-state index is -2.27. The Balaban J connectivity index is 4.16. The summed E-state index contributed by atoms with van der Waals surface area (Å²) in [6, 6.07) is 0. The Morgan fingerprint density at radius 3 is 2.19 bits per heavy atom. The van der Waals surface area contributed by atoms with Gasteiger partial charge in [-0.25, -0.2) is 4.79 Å². The van der Waals surface area contributed by atoms with Gasteiger partial charge in [0, 0.05) is 18.8 Å². The number of allylic oxidation sites excluding steroid dienone is 1. The van der Waals surface area contributed by atoms with Gasteiger partial charge in [0.25, 0.3) is 0 Å². The summed E-state index contributed by atoms with van der Waals surface area (Å²) in [5.41, 5.74) is 0.624. The number of hydrogen-bond donors (Lipinski definition) is 0. The van der Waals surface area contributed by atoms with E-state index in [9.17, 15) is 4.79 Å². The van der Waals surface area contributed by atoms with Gasteiger partial charge in [-0.15, -0.1) is 0 Å². The number of unbranched alkanes of at least 4 members (excludes halogenated alkanes) is 1. The van der Waals surface area contributed by atoms with Crippen molar-refractivity contribution in [1.82, 2.24) is 0 Å². The molecule has 0 heterocycles. The Bertz CT molecular complexity index is 222. The van der Waals surface area contributed by atoms with Crippen molar-refractivity contribution in [1.29, 1.82) is 0 Å². The molecule has 94 valence electrons. The molecule has 0 saturated heterocycles. The van der Waals surface area contributed by atoms with Crippen LogP contribution in [0, 0.1) is 0 Å². The molecule has 0 aromatic rings. The molecule has 0 bridgehead atoms. The average molecular weight is 246 g/mol. The quantitative estimate of drug-likeness (QED) is 0.486. The molecule has 0 spiro atoms. The largest absolute Gasteiger partial charge is 0.551 e. The highest BCUT2D eigenvalue weighted by molar-refractivity contribution is 6.39. The predicted octanol–water partition coefficient (Wildman–Crippen LogP) is 2.07. The maximum Gasteiger partial charge on any atom is 0.551 e. The molecule has 0 rings (SSSR count). The van der Waals surface area contributed by atoms with Gasteiger partial charge in [-0.1, -0.05) is 19.4 Å². The molecular formula is C11H22O4Si. The van der Waals surface area contributed by atoms with E-state index in [-0.39, 0.29) is 5.97 Å². The Kier molecular flexibility index (Phi) is 9.17. The van der Waals surface area contributed by atoms with Crippen molar-refractivity contribution in [2.75, 3.05) is 13.2 Å². The van der Waals surface area contributed by atoms with Crippen molar-refractivity contribution in [3.8, 4) is 0 Å². The lowest BCUT2D eigenvalue weighted by molar-refractivity contribution is -0.133. The summed E-state index contributed by atoms with van der Waals surface area (Å²) in [5.74, 6) is -0.327. The molecule has 5 heteroatoms. The third-order valence-electron chi connectivity index (χ3n) is 1.87. The summed E-state index contributed by atoms with van der Waals surface area (Å²) in [4.78, 5) is 11.6. The normalized spacial score (nSPS) is 11.9. The van der Waals surface area contributed by atoms with Gasteiger partial charge in [0.2, 0.25) is 0 Å². The number of rotatable bonds is 8. The standard InChI is InChI=1S/C11H22O4Si/c1-5-8-9-10(4)11(12)15-16(13-6-2)14-7-3/h9,16H,5-8H2,1-4H3. The second-order valence-corrected chi connectivity index (χ2v) is 4.76. The summed E-state index contributed by atoms with van der Waals surface area (Å²) in [5, 5.41) is 0. The van der Waals surface area contributed by atoms with Gasteiger partial charge < -0.3 is 13.3 Å². The maximum absolute atomic E-state index is 11.6. The number of carbonyl (C=O) groups excluding carboxylic acids is 1. The molecular weight excluding hydrogens is 224 g/mol. The van der Waals surface area contributed by atoms with Crippen LogP contribution < -0.4 is 0 Å². The second kappa shape index (κ2) is 9.56. The monoisotopic (exact) mass is 246 g/mol. The zero-order valence-corrected chi connectivity index (χ0v) is 11.8. The summed E-state index contributed by atoms with van der Waals surface area (Å²) >= 11 is 0. The Hall–Kier alpha value is -0.653. The van der Waals surface area contributed by atoms with Gasteiger partial charge in [-0.3, -0.25) is 0 Å². The molecule has 0 aromatic heterocycles. The van der Waals surface area contributed by atoms with E-state index >= 15 is 0 Å². The van der Waals surface area contributed by atoms with Crippen LogP contribution >= 0.6 is 0 Å². The lowest BCUT2D eigenvalue weighted by Gasteiger charge is -2.14. The van der Waals surface area contributed by atoms with Crippen molar-refractivity contribution < 1.29 is 18.1 Å². The second-order valence-electron chi connectivity index (χ2n) is 3.28. The van der Waals surface area contributed by atoms with Crippen molar-refractivity contribution in [2.24, 2.45) is 0 Å². The molecule has 0 aliphatic carbocycles. The molecule has 0 aliphatic heterocycles. The van der Waals surface area contributed by atoms with Crippen molar-refractivity contribution in [2.45, 2.75) is 40.5 Å². The highest BCUT2D eigenvalue weighted by Crippen LogP contribution is 2.03. The van der Waals surface area contributed by atoms with Crippen LogP contribution in [0.4, 0.5) is 0 Å². The zero-order chi connectivity index (χ0) is 12.4. The molecule has 0 amide bonds. The van der Waals surface area contributed by atoms with Gasteiger partial charge in [-0.05, 0) is 27.2 Å². The SMILES string of the molecule is CCCC=C(C)C(=O)O[SiH](OCC)OCC. The topological polar surface area (TPSA) is 44.8 Å². The fraction of sp³-hybridized carbons (Fsp3) is 0.727. The van der Waals surface area contributed by atoms with E-state index in [1.54, 1.807) is 6.92 Å². The third kappa shape index (κ3) is 6.76. The van der Waals surface area contributed by atoms with E-state index < -0.39 is 9.53 Å². The molecule has 0 radical (unpaired) electrons. The summed E-state index contributed by atoms with van der Waals surface area (Å²) in [6.45, 7) is 8.53. The van der Waals surface area contributed by atoms with E-state index in [1.807, 2.05) is 19.9 Å². The summed E-state index contributed by atoms with van der Waals surface area (Å²) in [7, 11) is -2.27. The summed E-state index contributed by atoms with van der Waals surface area (Å²) < 4.78 is 15.7. The van der Waals surface area contributed by atoms with Crippen LogP contribution in [-0.4, -0.2) is 28.7 Å². The lowest BCUT2D eigenvalue weighted by Crippen LogP contribution is -2.30. The molecule has 4 nitrogen and oxygen atoms in total. The first-order valence-electron chi connectivity index (χ1n) is 5.76. The Labute approximate surface area is 99.5 Å². The van der Waals surface area contributed by atoms with E-state index in [0.29, 0.717) is 18.8 Å². The van der Waals surface area contributed by atoms with Crippen molar-refractivity contribution >= 4 is 15.5 Å². The minimum Gasteiger partial charge on any atom is -0.472 e. The van der Waals surface area contributed by atoms with E-state index in [2.05, 4.69) is 6.92 Å². The molecule has 0 fully saturated rings. The zero-order valence-electron chi connectivity index (χ0n) is 10.6. The highest BCUT2D eigenvalue weighted by atomic mass is 28.3. The third-order valence-corrected chi connectivity index (χ3v) is 3.49. The van der Waals surface area contributed by atoms with Gasteiger partial charge in [-0.2, -0.15) is 0 Å². The molecule has 0 aliphatic rings. The van der Waals surface area contributed by atoms with Crippen LogP contribution in [0.2, 0.25) is 0 Å². The Morgan fingerprint density at radius 2 is 1.75 bits per heavy atom. The summed E-state index contributed by atoms with van der Waals surface area (Å²) in [6.07, 6.45) is 3.78. The minimum absolute atomic E-state index is 0.327. The first kappa shape index (κ1) is 15.3. The number of carbonyl (C=O) groups is 1. The smallest absolute Gasteiger partial charge is 0.472 e. The number of hydrogen-bond acceptors (Lipinski definition) is 4. The van der Waals surface area contributed by atoms with Crippen LogP contribution in [0.5, 0.6) is 0 Å². The van der Waals surface area contributed by atoms with Crippen molar-refractivity contribution in [3.63, 3.8) is 0 Å².